The number of hydrogen-bond donors (Lipinski definition) is 11. The summed E-state index contributed by atoms with van der Waals surface area (Å²) >= 11 is 0. The summed E-state index contributed by atoms with van der Waals surface area (Å²) in [6.45, 7) is -0.161. The smallest absolute Gasteiger partial charge is 0.249 e. The first-order valence-electron chi connectivity index (χ1n) is 13.5. The van der Waals surface area contributed by atoms with E-state index in [1.165, 1.54) is 0 Å². The van der Waals surface area contributed by atoms with Crippen molar-refractivity contribution in [2.24, 2.45) is 28.7 Å². The van der Waals surface area contributed by atoms with Crippen LogP contribution in [-0.4, -0.2) is 139 Å². The molecule has 6 unspecified atom stereocenters. The predicted octanol–water partition coefficient (Wildman–Crippen LogP) is -6.17. The summed E-state index contributed by atoms with van der Waals surface area (Å²) < 4.78 is 24.1. The Morgan fingerprint density at radius 1 is 1.03 bits per heavy atom. The van der Waals surface area contributed by atoms with Crippen molar-refractivity contribution in [1.29, 1.82) is 0 Å². The van der Waals surface area contributed by atoms with Crippen LogP contribution >= 0.6 is 0 Å². The molecule has 0 aromatic heterocycles. The molecule has 2 saturated heterocycles. The van der Waals surface area contributed by atoms with Crippen LogP contribution in [0, 0.1) is 0 Å². The molecule has 1 aliphatic carbocycles. The van der Waals surface area contributed by atoms with Gasteiger partial charge in [0.05, 0.1) is 49.1 Å². The molecule has 0 spiro atoms. The van der Waals surface area contributed by atoms with E-state index in [1.807, 2.05) is 0 Å². The minimum absolute atomic E-state index is 0.0475. The van der Waals surface area contributed by atoms with Gasteiger partial charge >= 0.3 is 0 Å². The third-order valence-electron chi connectivity index (χ3n) is 7.74. The lowest BCUT2D eigenvalue weighted by Crippen LogP contribution is -2.71. The van der Waals surface area contributed by atoms with Crippen molar-refractivity contribution in [1.82, 2.24) is 10.6 Å². The number of amides is 1. The fraction of sp³-hybridized carbons (Fsp3) is 0.957. The molecule has 3 aliphatic rings. The lowest BCUT2D eigenvalue weighted by atomic mass is 9.81. The molecule has 39 heavy (non-hydrogen) atoms. The molecule has 16 N–H and O–H groups in total. The van der Waals surface area contributed by atoms with Gasteiger partial charge in [0.1, 0.15) is 24.4 Å². The van der Waals surface area contributed by atoms with E-state index in [0.29, 0.717) is 19.4 Å². The van der Waals surface area contributed by atoms with E-state index in [1.54, 1.807) is 7.05 Å². The SMILES string of the molecule is CNC1C(O[C@H]2OC(CN)CCC2N)[C@@H](N)C[C@@H](NC(=O)[C@@H](O)CCN)[C@@H]1O[C@H]1OC(CO)[C@@H](O)[C@H](N)C1O. The van der Waals surface area contributed by atoms with Gasteiger partial charge in [0, 0.05) is 12.6 Å². The molecule has 228 valence electrons. The van der Waals surface area contributed by atoms with Crippen LogP contribution in [0.4, 0.5) is 0 Å². The maximum absolute atomic E-state index is 12.7. The van der Waals surface area contributed by atoms with Crippen molar-refractivity contribution in [2.45, 2.75) is 111 Å². The van der Waals surface area contributed by atoms with Gasteiger partial charge < -0.3 is 78.7 Å². The molecule has 0 aromatic rings. The summed E-state index contributed by atoms with van der Waals surface area (Å²) in [6.07, 6.45) is -7.79. The van der Waals surface area contributed by atoms with Gasteiger partial charge in [0.15, 0.2) is 12.6 Å². The Labute approximate surface area is 227 Å². The second-order valence-electron chi connectivity index (χ2n) is 10.5. The van der Waals surface area contributed by atoms with Crippen molar-refractivity contribution in [2.75, 3.05) is 26.7 Å². The number of ether oxygens (including phenoxy) is 4. The number of rotatable bonds is 11. The Balaban J connectivity index is 1.87. The minimum atomic E-state index is -1.46. The zero-order chi connectivity index (χ0) is 28.9. The maximum atomic E-state index is 12.7. The molecule has 3 rings (SSSR count). The number of nitrogens with one attached hydrogen (secondary N) is 2. The zero-order valence-electron chi connectivity index (χ0n) is 22.2. The van der Waals surface area contributed by atoms with E-state index in [2.05, 4.69) is 10.6 Å². The second kappa shape index (κ2) is 14.7. The third kappa shape index (κ3) is 7.60. The molecule has 2 aliphatic heterocycles. The van der Waals surface area contributed by atoms with E-state index >= 15 is 0 Å². The van der Waals surface area contributed by atoms with Crippen molar-refractivity contribution in [3.8, 4) is 0 Å². The highest BCUT2D eigenvalue weighted by Gasteiger charge is 2.51. The molecule has 1 saturated carbocycles. The van der Waals surface area contributed by atoms with Gasteiger partial charge in [-0.2, -0.15) is 0 Å². The number of carbonyl (C=O) groups is 1. The largest absolute Gasteiger partial charge is 0.394 e. The van der Waals surface area contributed by atoms with Crippen LogP contribution in [0.15, 0.2) is 0 Å². The Morgan fingerprint density at radius 3 is 2.33 bits per heavy atom. The first-order valence-corrected chi connectivity index (χ1v) is 13.5. The number of aliphatic hydroxyl groups excluding tert-OH is 4. The number of carbonyl (C=O) groups excluding carboxylic acids is 1. The fourth-order valence-electron chi connectivity index (χ4n) is 5.38. The average molecular weight is 566 g/mol. The summed E-state index contributed by atoms with van der Waals surface area (Å²) in [4.78, 5) is 12.7. The molecular weight excluding hydrogens is 518 g/mol. The van der Waals surface area contributed by atoms with Gasteiger partial charge in [-0.05, 0) is 39.3 Å². The van der Waals surface area contributed by atoms with E-state index < -0.39 is 91.9 Å². The number of hydrogen-bond acceptors (Lipinski definition) is 15. The molecule has 16 nitrogen and oxygen atoms in total. The maximum Gasteiger partial charge on any atom is 0.249 e. The summed E-state index contributed by atoms with van der Waals surface area (Å²) in [7, 11) is 1.64. The minimum Gasteiger partial charge on any atom is -0.394 e. The first-order chi connectivity index (χ1) is 18.6. The van der Waals surface area contributed by atoms with E-state index in [4.69, 9.17) is 47.6 Å². The van der Waals surface area contributed by atoms with Crippen molar-refractivity contribution in [3.63, 3.8) is 0 Å². The van der Waals surface area contributed by atoms with Gasteiger partial charge in [-0.15, -0.1) is 0 Å². The molecule has 0 aromatic carbocycles. The normalized spacial score (nSPS) is 44.1. The van der Waals surface area contributed by atoms with E-state index in [0.717, 1.165) is 0 Å². The van der Waals surface area contributed by atoms with Gasteiger partial charge in [-0.25, -0.2) is 0 Å². The topological polar surface area (TPSA) is 289 Å². The molecule has 14 atom stereocenters. The Bertz CT molecular complexity index is 771. The van der Waals surface area contributed by atoms with Crippen molar-refractivity contribution >= 4 is 5.91 Å². The highest BCUT2D eigenvalue weighted by Crippen LogP contribution is 2.31. The monoisotopic (exact) mass is 565 g/mol. The molecule has 2 heterocycles. The third-order valence-corrected chi connectivity index (χ3v) is 7.74. The van der Waals surface area contributed by atoms with E-state index in [-0.39, 0.29) is 25.5 Å². The lowest BCUT2D eigenvalue weighted by Gasteiger charge is -2.50. The average Bonchev–Trinajstić information content (AvgIpc) is 2.92. The van der Waals surface area contributed by atoms with Gasteiger partial charge in [-0.3, -0.25) is 4.79 Å². The summed E-state index contributed by atoms with van der Waals surface area (Å²) in [6, 6.07) is -3.71. The molecule has 1 amide bonds. The van der Waals surface area contributed by atoms with Crippen LogP contribution in [0.1, 0.15) is 25.7 Å². The summed E-state index contributed by atoms with van der Waals surface area (Å²) in [5.41, 5.74) is 30.0. The van der Waals surface area contributed by atoms with Crippen LogP contribution in [0.25, 0.3) is 0 Å². The Kier molecular flexibility index (Phi) is 12.2. The lowest BCUT2D eigenvalue weighted by molar-refractivity contribution is -0.303. The van der Waals surface area contributed by atoms with Crippen LogP contribution in [0.5, 0.6) is 0 Å². The van der Waals surface area contributed by atoms with Gasteiger partial charge in [0.25, 0.3) is 0 Å². The number of nitrogens with two attached hydrogens (primary N) is 5. The van der Waals surface area contributed by atoms with Crippen molar-refractivity contribution < 1.29 is 44.2 Å². The second-order valence-corrected chi connectivity index (χ2v) is 10.5. The molecular formula is C23H47N7O9. The van der Waals surface area contributed by atoms with Gasteiger partial charge in [0.2, 0.25) is 5.91 Å². The highest BCUT2D eigenvalue weighted by molar-refractivity contribution is 5.80. The Hall–Kier alpha value is -1.09. The Morgan fingerprint density at radius 2 is 1.72 bits per heavy atom. The number of aliphatic hydroxyl groups is 4. The van der Waals surface area contributed by atoms with E-state index in [9.17, 15) is 25.2 Å². The molecule has 0 radical (unpaired) electrons. The van der Waals surface area contributed by atoms with Crippen molar-refractivity contribution in [3.05, 3.63) is 0 Å². The molecule has 0 bridgehead atoms. The standard InChI is InChI=1S/C23H47N7O9/c1-29-16-19(38-22-10(26)3-2-9(7-25)36-22)11(27)6-12(30-21(35)13(32)4-5-24)20(16)39-23-18(34)15(28)17(33)14(8-31)37-23/h9-20,22-23,29,31-34H,2-8,24-28H2,1H3,(H,30,35)/t9?,10?,11-,12+,13-,14?,15-,16?,17+,18?,19?,20-,22+,23+/m0/s1. The molecule has 16 heteroatoms. The summed E-state index contributed by atoms with van der Waals surface area (Å²) in [5, 5.41) is 46.7. The quantitative estimate of drug-likeness (QED) is 0.111. The zero-order valence-corrected chi connectivity index (χ0v) is 22.2. The predicted molar refractivity (Wildman–Crippen MR) is 137 cm³/mol. The highest BCUT2D eigenvalue weighted by atomic mass is 16.7. The van der Waals surface area contributed by atoms with Crippen LogP contribution < -0.4 is 39.3 Å². The number of likely N-dealkylation sites (N-methyl/N-ethyl adjacent to an activating group) is 1. The van der Waals surface area contributed by atoms with Crippen LogP contribution in [0.3, 0.4) is 0 Å². The van der Waals surface area contributed by atoms with Crippen LogP contribution in [-0.2, 0) is 23.7 Å². The molecule has 3 fully saturated rings. The van der Waals surface area contributed by atoms with Gasteiger partial charge in [-0.1, -0.05) is 0 Å². The first kappa shape index (κ1) is 32.4. The van der Waals surface area contributed by atoms with Crippen LogP contribution in [0.2, 0.25) is 0 Å². The fourth-order valence-corrected chi connectivity index (χ4v) is 5.38. The summed E-state index contributed by atoms with van der Waals surface area (Å²) in [5.74, 6) is -0.672.